The van der Waals surface area contributed by atoms with Crippen molar-refractivity contribution >= 4 is 23.2 Å². The summed E-state index contributed by atoms with van der Waals surface area (Å²) in [7, 11) is 1.56. The average Bonchev–Trinajstić information content (AvgIpc) is 2.42. The van der Waals surface area contributed by atoms with Crippen molar-refractivity contribution in [3.8, 4) is 5.75 Å². The maximum atomic E-state index is 12.1. The van der Waals surface area contributed by atoms with E-state index in [1.165, 1.54) is 6.42 Å². The zero-order valence-corrected chi connectivity index (χ0v) is 11.3. The summed E-state index contributed by atoms with van der Waals surface area (Å²) in [5.41, 5.74) is 0.742. The number of methoxy groups -OCH3 is 1. The van der Waals surface area contributed by atoms with Gasteiger partial charge in [-0.15, -0.1) is 0 Å². The van der Waals surface area contributed by atoms with Crippen LogP contribution >= 0.6 is 11.6 Å². The van der Waals surface area contributed by atoms with Gasteiger partial charge in [-0.05, 0) is 25.0 Å². The maximum absolute atomic E-state index is 12.1. The second-order valence-electron chi connectivity index (χ2n) is 4.67. The largest absolute Gasteiger partial charge is 0.495 e. The van der Waals surface area contributed by atoms with Crippen LogP contribution in [0.2, 0.25) is 5.02 Å². The second kappa shape index (κ2) is 6.10. The topological polar surface area (TPSA) is 38.3 Å². The summed E-state index contributed by atoms with van der Waals surface area (Å²) in [5.74, 6) is 0.845. The van der Waals surface area contributed by atoms with Gasteiger partial charge in [-0.2, -0.15) is 0 Å². The van der Waals surface area contributed by atoms with E-state index in [9.17, 15) is 4.79 Å². The molecular formula is C14H18ClNO2. The molecule has 2 rings (SSSR count). The van der Waals surface area contributed by atoms with Crippen molar-refractivity contribution in [1.82, 2.24) is 0 Å². The summed E-state index contributed by atoms with van der Waals surface area (Å²) in [5, 5.41) is 3.49. The van der Waals surface area contributed by atoms with E-state index in [2.05, 4.69) is 5.32 Å². The number of ether oxygens (including phenoxy) is 1. The number of carbonyl (C=O) groups excluding carboxylic acids is 1. The molecule has 3 nitrogen and oxygen atoms in total. The van der Waals surface area contributed by atoms with E-state index < -0.39 is 0 Å². The lowest BCUT2D eigenvalue weighted by molar-refractivity contribution is -0.120. The summed E-state index contributed by atoms with van der Waals surface area (Å²) in [4.78, 5) is 12.1. The summed E-state index contributed by atoms with van der Waals surface area (Å²) in [6.45, 7) is 0. The number of benzene rings is 1. The van der Waals surface area contributed by atoms with Crippen LogP contribution in [-0.2, 0) is 4.79 Å². The Morgan fingerprint density at radius 1 is 1.33 bits per heavy atom. The SMILES string of the molecule is COc1cc(NC(=O)C2CCCCC2)ccc1Cl. The first-order valence-corrected chi connectivity index (χ1v) is 6.73. The highest BCUT2D eigenvalue weighted by atomic mass is 35.5. The van der Waals surface area contributed by atoms with E-state index in [1.54, 1.807) is 25.3 Å². The maximum Gasteiger partial charge on any atom is 0.227 e. The third kappa shape index (κ3) is 3.16. The van der Waals surface area contributed by atoms with E-state index in [4.69, 9.17) is 16.3 Å². The Hall–Kier alpha value is -1.22. The molecule has 0 atom stereocenters. The Morgan fingerprint density at radius 2 is 2.06 bits per heavy atom. The van der Waals surface area contributed by atoms with Crippen molar-refractivity contribution in [2.45, 2.75) is 32.1 Å². The van der Waals surface area contributed by atoms with Gasteiger partial charge in [0.05, 0.1) is 12.1 Å². The fraction of sp³-hybridized carbons (Fsp3) is 0.500. The summed E-state index contributed by atoms with van der Waals surface area (Å²) in [6, 6.07) is 5.28. The number of halogens is 1. The van der Waals surface area contributed by atoms with Gasteiger partial charge in [0.1, 0.15) is 5.75 Å². The van der Waals surface area contributed by atoms with Crippen LogP contribution in [0, 0.1) is 5.92 Å². The normalized spacial score (nSPS) is 16.3. The van der Waals surface area contributed by atoms with Gasteiger partial charge in [0.15, 0.2) is 0 Å². The van der Waals surface area contributed by atoms with Gasteiger partial charge in [-0.25, -0.2) is 0 Å². The van der Waals surface area contributed by atoms with Crippen LogP contribution < -0.4 is 10.1 Å². The van der Waals surface area contributed by atoms with Crippen molar-refractivity contribution < 1.29 is 9.53 Å². The molecule has 1 aromatic carbocycles. The van der Waals surface area contributed by atoms with Crippen LogP contribution in [0.1, 0.15) is 32.1 Å². The molecule has 4 heteroatoms. The number of rotatable bonds is 3. The molecule has 0 radical (unpaired) electrons. The predicted octanol–water partition coefficient (Wildman–Crippen LogP) is 3.87. The van der Waals surface area contributed by atoms with Crippen molar-refractivity contribution in [1.29, 1.82) is 0 Å². The van der Waals surface area contributed by atoms with Gasteiger partial charge < -0.3 is 10.1 Å². The van der Waals surface area contributed by atoms with Crippen molar-refractivity contribution in [2.24, 2.45) is 5.92 Å². The zero-order valence-electron chi connectivity index (χ0n) is 10.5. The summed E-state index contributed by atoms with van der Waals surface area (Å²) >= 11 is 5.94. The number of hydrogen-bond acceptors (Lipinski definition) is 2. The molecule has 0 saturated heterocycles. The van der Waals surface area contributed by atoms with E-state index in [1.807, 2.05) is 0 Å². The molecule has 98 valence electrons. The zero-order chi connectivity index (χ0) is 13.0. The minimum Gasteiger partial charge on any atom is -0.495 e. The van der Waals surface area contributed by atoms with E-state index >= 15 is 0 Å². The number of hydrogen-bond donors (Lipinski definition) is 1. The molecule has 0 spiro atoms. The highest BCUT2D eigenvalue weighted by Gasteiger charge is 2.21. The lowest BCUT2D eigenvalue weighted by Crippen LogP contribution is -2.24. The molecule has 1 aromatic rings. The molecule has 1 N–H and O–H groups in total. The Kier molecular flexibility index (Phi) is 4.48. The fourth-order valence-electron chi connectivity index (χ4n) is 2.35. The molecule has 0 aromatic heterocycles. The molecule has 1 fully saturated rings. The van der Waals surface area contributed by atoms with Gasteiger partial charge in [0.2, 0.25) is 5.91 Å². The molecule has 1 aliphatic carbocycles. The Balaban J connectivity index is 2.02. The lowest BCUT2D eigenvalue weighted by atomic mass is 9.88. The Labute approximate surface area is 112 Å². The highest BCUT2D eigenvalue weighted by Crippen LogP contribution is 2.29. The predicted molar refractivity (Wildman–Crippen MR) is 73.2 cm³/mol. The smallest absolute Gasteiger partial charge is 0.227 e. The minimum absolute atomic E-state index is 0.110. The molecule has 0 bridgehead atoms. The first-order valence-electron chi connectivity index (χ1n) is 6.35. The van der Waals surface area contributed by atoms with Crippen LogP contribution in [-0.4, -0.2) is 13.0 Å². The van der Waals surface area contributed by atoms with Gasteiger partial charge in [0.25, 0.3) is 0 Å². The van der Waals surface area contributed by atoms with E-state index in [-0.39, 0.29) is 11.8 Å². The third-order valence-corrected chi connectivity index (χ3v) is 3.71. The van der Waals surface area contributed by atoms with Crippen molar-refractivity contribution in [2.75, 3.05) is 12.4 Å². The third-order valence-electron chi connectivity index (χ3n) is 3.39. The summed E-state index contributed by atoms with van der Waals surface area (Å²) in [6.07, 6.45) is 5.55. The quantitative estimate of drug-likeness (QED) is 0.903. The van der Waals surface area contributed by atoms with Gasteiger partial charge in [0, 0.05) is 17.7 Å². The van der Waals surface area contributed by atoms with E-state index in [0.717, 1.165) is 31.4 Å². The second-order valence-corrected chi connectivity index (χ2v) is 5.08. The highest BCUT2D eigenvalue weighted by molar-refractivity contribution is 6.32. The van der Waals surface area contributed by atoms with Crippen molar-refractivity contribution in [3.05, 3.63) is 23.2 Å². The molecule has 18 heavy (non-hydrogen) atoms. The summed E-state index contributed by atoms with van der Waals surface area (Å²) < 4.78 is 5.13. The number of carbonyl (C=O) groups is 1. The molecule has 0 aliphatic heterocycles. The van der Waals surface area contributed by atoms with Crippen LogP contribution in [0.4, 0.5) is 5.69 Å². The van der Waals surface area contributed by atoms with Gasteiger partial charge in [-0.1, -0.05) is 30.9 Å². The van der Waals surface area contributed by atoms with Crippen molar-refractivity contribution in [3.63, 3.8) is 0 Å². The fourth-order valence-corrected chi connectivity index (χ4v) is 2.54. The van der Waals surface area contributed by atoms with Gasteiger partial charge in [-0.3, -0.25) is 4.79 Å². The van der Waals surface area contributed by atoms with Gasteiger partial charge >= 0.3 is 0 Å². The van der Waals surface area contributed by atoms with Crippen LogP contribution in [0.25, 0.3) is 0 Å². The lowest BCUT2D eigenvalue weighted by Gasteiger charge is -2.20. The molecular weight excluding hydrogens is 250 g/mol. The van der Waals surface area contributed by atoms with Crippen LogP contribution in [0.5, 0.6) is 5.75 Å². The average molecular weight is 268 g/mol. The first-order chi connectivity index (χ1) is 8.70. The minimum atomic E-state index is 0.110. The van der Waals surface area contributed by atoms with Crippen LogP contribution in [0.3, 0.4) is 0 Å². The monoisotopic (exact) mass is 267 g/mol. The number of anilines is 1. The molecule has 1 saturated carbocycles. The number of amides is 1. The standard InChI is InChI=1S/C14H18ClNO2/c1-18-13-9-11(7-8-12(13)15)16-14(17)10-5-3-2-4-6-10/h7-10H,2-6H2,1H3,(H,16,17). The molecule has 0 unspecified atom stereocenters. The first kappa shape index (κ1) is 13.2. The molecule has 1 aliphatic rings. The Morgan fingerprint density at radius 3 is 2.72 bits per heavy atom. The molecule has 0 heterocycles. The van der Waals surface area contributed by atoms with E-state index in [0.29, 0.717) is 10.8 Å². The number of nitrogens with one attached hydrogen (secondary N) is 1. The van der Waals surface area contributed by atoms with Crippen LogP contribution in [0.15, 0.2) is 18.2 Å². The Bertz CT molecular complexity index is 428. The molecule has 1 amide bonds.